The molecule has 1 amide bonds. The molecule has 0 aromatic heterocycles. The van der Waals surface area contributed by atoms with Gasteiger partial charge in [0.15, 0.2) is 6.10 Å². The molecule has 0 unspecified atom stereocenters. The monoisotopic (exact) mass is 325 g/mol. The summed E-state index contributed by atoms with van der Waals surface area (Å²) < 4.78 is 5.28. The van der Waals surface area contributed by atoms with E-state index in [0.29, 0.717) is 5.56 Å². The summed E-state index contributed by atoms with van der Waals surface area (Å²) in [7, 11) is 0. The smallest absolute Gasteiger partial charge is 0.338 e. The highest BCUT2D eigenvalue weighted by Crippen LogP contribution is 2.22. The summed E-state index contributed by atoms with van der Waals surface area (Å²) >= 11 is 0. The van der Waals surface area contributed by atoms with Crippen LogP contribution in [0.3, 0.4) is 0 Å². The molecule has 0 aliphatic heterocycles. The van der Waals surface area contributed by atoms with Crippen LogP contribution in [0.1, 0.15) is 39.5 Å². The molecule has 2 aromatic carbocycles. The molecule has 0 aliphatic rings. The summed E-state index contributed by atoms with van der Waals surface area (Å²) in [5.74, 6) is -0.843. The van der Waals surface area contributed by atoms with Crippen molar-refractivity contribution in [1.29, 1.82) is 0 Å². The quantitative estimate of drug-likeness (QED) is 0.861. The minimum absolute atomic E-state index is 0.342. The summed E-state index contributed by atoms with van der Waals surface area (Å²) in [6.45, 7) is 9.37. The highest BCUT2D eigenvalue weighted by molar-refractivity contribution is 5.98. The summed E-state index contributed by atoms with van der Waals surface area (Å²) in [6, 6.07) is 11.1. The lowest BCUT2D eigenvalue weighted by molar-refractivity contribution is -0.123. The zero-order valence-corrected chi connectivity index (χ0v) is 14.8. The molecule has 0 saturated heterocycles. The Morgan fingerprint density at radius 2 is 1.58 bits per heavy atom. The van der Waals surface area contributed by atoms with Crippen LogP contribution < -0.4 is 5.32 Å². The molecule has 2 rings (SSSR count). The van der Waals surface area contributed by atoms with E-state index in [1.807, 2.05) is 45.9 Å². The number of aryl methyl sites for hydroxylation is 4. The van der Waals surface area contributed by atoms with Gasteiger partial charge in [0.05, 0.1) is 5.56 Å². The second-order valence-electron chi connectivity index (χ2n) is 6.18. The van der Waals surface area contributed by atoms with Crippen LogP contribution in [0.5, 0.6) is 0 Å². The topological polar surface area (TPSA) is 55.4 Å². The second kappa shape index (κ2) is 7.30. The Labute approximate surface area is 142 Å². The van der Waals surface area contributed by atoms with Crippen molar-refractivity contribution >= 4 is 17.6 Å². The predicted molar refractivity (Wildman–Crippen MR) is 95.3 cm³/mol. The molecule has 0 heterocycles. The van der Waals surface area contributed by atoms with Crippen LogP contribution in [0.15, 0.2) is 36.4 Å². The van der Waals surface area contributed by atoms with Gasteiger partial charge in [0.1, 0.15) is 0 Å². The summed E-state index contributed by atoms with van der Waals surface area (Å²) in [5.41, 5.74) is 5.28. The first-order chi connectivity index (χ1) is 11.3. The van der Waals surface area contributed by atoms with Gasteiger partial charge in [-0.1, -0.05) is 35.4 Å². The van der Waals surface area contributed by atoms with E-state index < -0.39 is 12.1 Å². The molecule has 1 atom stereocenters. The highest BCUT2D eigenvalue weighted by Gasteiger charge is 2.20. The van der Waals surface area contributed by atoms with E-state index in [0.717, 1.165) is 27.9 Å². The number of carbonyl (C=O) groups excluding carboxylic acids is 2. The van der Waals surface area contributed by atoms with Gasteiger partial charge in [-0.15, -0.1) is 0 Å². The van der Waals surface area contributed by atoms with Crippen LogP contribution in [-0.2, 0) is 9.53 Å². The maximum absolute atomic E-state index is 12.3. The van der Waals surface area contributed by atoms with Gasteiger partial charge >= 0.3 is 5.97 Å². The molecule has 0 fully saturated rings. The Morgan fingerprint density at radius 1 is 0.958 bits per heavy atom. The Hall–Kier alpha value is -2.62. The molecule has 0 spiro atoms. The molecule has 24 heavy (non-hydrogen) atoms. The third-order valence-electron chi connectivity index (χ3n) is 3.83. The van der Waals surface area contributed by atoms with E-state index >= 15 is 0 Å². The lowest BCUT2D eigenvalue weighted by Crippen LogP contribution is -2.30. The van der Waals surface area contributed by atoms with Gasteiger partial charge < -0.3 is 10.1 Å². The normalized spacial score (nSPS) is 11.7. The van der Waals surface area contributed by atoms with Gasteiger partial charge in [-0.25, -0.2) is 4.79 Å². The predicted octanol–water partition coefficient (Wildman–Crippen LogP) is 4.10. The van der Waals surface area contributed by atoms with Gasteiger partial charge in [-0.3, -0.25) is 4.79 Å². The van der Waals surface area contributed by atoms with Crippen molar-refractivity contribution in [3.8, 4) is 0 Å². The van der Waals surface area contributed by atoms with Crippen molar-refractivity contribution in [2.75, 3.05) is 5.32 Å². The molecule has 0 bridgehead atoms. The van der Waals surface area contributed by atoms with Gasteiger partial charge in [0.25, 0.3) is 5.91 Å². The van der Waals surface area contributed by atoms with E-state index in [1.54, 1.807) is 25.1 Å². The van der Waals surface area contributed by atoms with Crippen molar-refractivity contribution in [2.45, 2.75) is 40.7 Å². The summed E-state index contributed by atoms with van der Waals surface area (Å²) in [5, 5.41) is 2.86. The van der Waals surface area contributed by atoms with E-state index in [-0.39, 0.29) is 5.91 Å². The standard InChI is InChI=1S/C20H23NO3/c1-12-7-6-8-17(11-12)20(23)24-16(5)19(22)21-18-14(3)9-13(2)10-15(18)4/h6-11,16H,1-5H3,(H,21,22)/t16-/m0/s1. The van der Waals surface area contributed by atoms with Crippen LogP contribution in [0.4, 0.5) is 5.69 Å². The van der Waals surface area contributed by atoms with E-state index in [2.05, 4.69) is 5.32 Å². The van der Waals surface area contributed by atoms with Crippen LogP contribution in [0.2, 0.25) is 0 Å². The SMILES string of the molecule is Cc1cccc(C(=O)O[C@@H](C)C(=O)Nc2c(C)cc(C)cc2C)c1. The molecular weight excluding hydrogens is 302 g/mol. The number of amides is 1. The lowest BCUT2D eigenvalue weighted by atomic mass is 10.0. The first kappa shape index (κ1) is 17.7. The molecule has 4 nitrogen and oxygen atoms in total. The fourth-order valence-electron chi connectivity index (χ4n) is 2.66. The number of hydrogen-bond donors (Lipinski definition) is 1. The minimum atomic E-state index is -0.877. The lowest BCUT2D eigenvalue weighted by Gasteiger charge is -2.17. The van der Waals surface area contributed by atoms with Crippen molar-refractivity contribution in [1.82, 2.24) is 0 Å². The zero-order chi connectivity index (χ0) is 17.9. The van der Waals surface area contributed by atoms with Gasteiger partial charge in [-0.2, -0.15) is 0 Å². The van der Waals surface area contributed by atoms with Gasteiger partial charge in [0.2, 0.25) is 0 Å². The highest BCUT2D eigenvalue weighted by atomic mass is 16.5. The van der Waals surface area contributed by atoms with Crippen molar-refractivity contribution in [2.24, 2.45) is 0 Å². The molecule has 1 N–H and O–H groups in total. The van der Waals surface area contributed by atoms with Crippen molar-refractivity contribution < 1.29 is 14.3 Å². The third kappa shape index (κ3) is 4.22. The molecule has 2 aromatic rings. The Morgan fingerprint density at radius 3 is 2.17 bits per heavy atom. The van der Waals surface area contributed by atoms with Crippen molar-refractivity contribution in [3.05, 3.63) is 64.2 Å². The Kier molecular flexibility index (Phi) is 5.39. The Bertz CT molecular complexity index is 757. The number of nitrogens with one attached hydrogen (secondary N) is 1. The first-order valence-corrected chi connectivity index (χ1v) is 7.94. The largest absolute Gasteiger partial charge is 0.449 e. The second-order valence-corrected chi connectivity index (χ2v) is 6.18. The molecule has 0 radical (unpaired) electrons. The molecule has 4 heteroatoms. The Balaban J connectivity index is 2.06. The maximum atomic E-state index is 12.3. The number of anilines is 1. The van der Waals surface area contributed by atoms with Gasteiger partial charge in [0, 0.05) is 5.69 Å². The van der Waals surface area contributed by atoms with Crippen LogP contribution >= 0.6 is 0 Å². The molecular formula is C20H23NO3. The average molecular weight is 325 g/mol. The number of hydrogen-bond acceptors (Lipinski definition) is 3. The van der Waals surface area contributed by atoms with Gasteiger partial charge in [-0.05, 0) is 57.9 Å². The van der Waals surface area contributed by atoms with E-state index in [1.165, 1.54) is 0 Å². The first-order valence-electron chi connectivity index (χ1n) is 7.94. The van der Waals surface area contributed by atoms with E-state index in [9.17, 15) is 9.59 Å². The number of benzene rings is 2. The fourth-order valence-corrected chi connectivity index (χ4v) is 2.66. The number of esters is 1. The average Bonchev–Trinajstić information content (AvgIpc) is 2.50. The molecule has 0 saturated carbocycles. The zero-order valence-electron chi connectivity index (χ0n) is 14.8. The van der Waals surface area contributed by atoms with Crippen LogP contribution in [0.25, 0.3) is 0 Å². The number of rotatable bonds is 4. The van der Waals surface area contributed by atoms with Crippen molar-refractivity contribution in [3.63, 3.8) is 0 Å². The van der Waals surface area contributed by atoms with Crippen LogP contribution in [0, 0.1) is 27.7 Å². The van der Waals surface area contributed by atoms with E-state index in [4.69, 9.17) is 4.74 Å². The van der Waals surface area contributed by atoms with Crippen LogP contribution in [-0.4, -0.2) is 18.0 Å². The molecule has 0 aliphatic carbocycles. The third-order valence-corrected chi connectivity index (χ3v) is 3.83. The maximum Gasteiger partial charge on any atom is 0.338 e. The molecule has 126 valence electrons. The number of ether oxygens (including phenoxy) is 1. The number of carbonyl (C=O) groups is 2. The minimum Gasteiger partial charge on any atom is -0.449 e. The fraction of sp³-hybridized carbons (Fsp3) is 0.300. The summed E-state index contributed by atoms with van der Waals surface area (Å²) in [6.07, 6.45) is -0.877. The summed E-state index contributed by atoms with van der Waals surface area (Å²) in [4.78, 5) is 24.5.